The lowest BCUT2D eigenvalue weighted by atomic mass is 9.83. The summed E-state index contributed by atoms with van der Waals surface area (Å²) < 4.78 is 5.46. The molecule has 0 atom stereocenters. The molecule has 3 heteroatoms. The van der Waals surface area contributed by atoms with Crippen LogP contribution in [0.3, 0.4) is 0 Å². The molecule has 22 heavy (non-hydrogen) atoms. The van der Waals surface area contributed by atoms with Gasteiger partial charge < -0.3 is 4.74 Å². The van der Waals surface area contributed by atoms with Crippen molar-refractivity contribution in [1.82, 2.24) is 0 Å². The molecule has 2 aliphatic rings. The molecule has 0 bridgehead atoms. The van der Waals surface area contributed by atoms with Crippen LogP contribution >= 0.6 is 0 Å². The highest BCUT2D eigenvalue weighted by atomic mass is 16.5. The Morgan fingerprint density at radius 1 is 1.05 bits per heavy atom. The highest BCUT2D eigenvalue weighted by molar-refractivity contribution is 5.82. The lowest BCUT2D eigenvalue weighted by Crippen LogP contribution is -2.23. The summed E-state index contributed by atoms with van der Waals surface area (Å²) >= 11 is 0. The number of nitriles is 1. The zero-order valence-corrected chi connectivity index (χ0v) is 14.4. The van der Waals surface area contributed by atoms with Gasteiger partial charge in [-0.15, -0.1) is 0 Å². The van der Waals surface area contributed by atoms with Gasteiger partial charge in [0.05, 0.1) is 6.07 Å². The molecule has 3 nitrogen and oxygen atoms in total. The first-order chi connectivity index (χ1) is 10.7. The fourth-order valence-electron chi connectivity index (χ4n) is 3.21. The fraction of sp³-hybridized carbons (Fsp3) is 0.789. The van der Waals surface area contributed by atoms with Crippen molar-refractivity contribution in [3.05, 3.63) is 12.2 Å². The van der Waals surface area contributed by atoms with E-state index in [-0.39, 0.29) is 18.0 Å². The van der Waals surface area contributed by atoms with Gasteiger partial charge in [-0.1, -0.05) is 39.7 Å². The van der Waals surface area contributed by atoms with Crippen molar-refractivity contribution in [2.45, 2.75) is 78.2 Å². The largest absolute Gasteiger partial charge is 0.459 e. The molecule has 0 spiro atoms. The fourth-order valence-corrected chi connectivity index (χ4v) is 3.21. The quantitative estimate of drug-likeness (QED) is 0.543. The van der Waals surface area contributed by atoms with E-state index in [0.717, 1.165) is 31.6 Å². The summed E-state index contributed by atoms with van der Waals surface area (Å²) in [4.78, 5) is 11.8. The molecule has 0 N–H and O–H groups in total. The summed E-state index contributed by atoms with van der Waals surface area (Å²) in [5.41, 5.74) is 0. The second-order valence-corrected chi connectivity index (χ2v) is 6.42. The van der Waals surface area contributed by atoms with Crippen LogP contribution in [0.25, 0.3) is 0 Å². The summed E-state index contributed by atoms with van der Waals surface area (Å²) in [5, 5.41) is 8.84. The first-order valence-electron chi connectivity index (χ1n) is 8.95. The molecule has 0 aromatic heterocycles. The molecule has 2 aliphatic carbocycles. The Bertz CT molecular complexity index is 381. The maximum absolute atomic E-state index is 11.8. The second kappa shape index (κ2) is 10.4. The van der Waals surface area contributed by atoms with E-state index in [1.54, 1.807) is 6.08 Å². The van der Waals surface area contributed by atoms with Crippen molar-refractivity contribution >= 4 is 5.97 Å². The molecule has 0 amide bonds. The number of esters is 1. The average Bonchev–Trinajstić information content (AvgIpc) is 2.57. The third-order valence-electron chi connectivity index (χ3n) is 4.70. The van der Waals surface area contributed by atoms with Crippen molar-refractivity contribution in [3.63, 3.8) is 0 Å². The Labute approximate surface area is 135 Å². The number of hydrogen-bond donors (Lipinski definition) is 0. The molecule has 0 saturated heterocycles. The smallest absolute Gasteiger partial charge is 0.330 e. The molecule has 0 aliphatic heterocycles. The van der Waals surface area contributed by atoms with Gasteiger partial charge in [0.15, 0.2) is 0 Å². The van der Waals surface area contributed by atoms with Gasteiger partial charge in [-0.2, -0.15) is 5.26 Å². The lowest BCUT2D eigenvalue weighted by molar-refractivity contribution is -0.144. The monoisotopic (exact) mass is 305 g/mol. The number of nitrogens with zero attached hydrogens (tertiary/aromatic N) is 1. The lowest BCUT2D eigenvalue weighted by Gasteiger charge is -2.25. The number of allylic oxidation sites excluding steroid dienone is 1. The minimum Gasteiger partial charge on any atom is -0.459 e. The van der Waals surface area contributed by atoms with Crippen LogP contribution in [-0.4, -0.2) is 12.1 Å². The van der Waals surface area contributed by atoms with E-state index in [9.17, 15) is 4.79 Å². The molecule has 124 valence electrons. The van der Waals surface area contributed by atoms with Crippen LogP contribution in [0.2, 0.25) is 0 Å². The van der Waals surface area contributed by atoms with Crippen LogP contribution < -0.4 is 0 Å². The summed E-state index contributed by atoms with van der Waals surface area (Å²) in [6.45, 7) is 6.30. The van der Waals surface area contributed by atoms with E-state index < -0.39 is 0 Å². The van der Waals surface area contributed by atoms with Gasteiger partial charge >= 0.3 is 5.97 Å². The molecular formula is C19H31NO2. The minimum absolute atomic E-state index is 0.0168. The van der Waals surface area contributed by atoms with Gasteiger partial charge in [0, 0.05) is 12.0 Å². The molecule has 2 rings (SSSR count). The van der Waals surface area contributed by atoms with Gasteiger partial charge in [-0.3, -0.25) is 0 Å². The van der Waals surface area contributed by atoms with Gasteiger partial charge in [0.1, 0.15) is 6.10 Å². The summed E-state index contributed by atoms with van der Waals surface area (Å²) in [6.07, 6.45) is 12.0. The van der Waals surface area contributed by atoms with Crippen LogP contribution in [0.1, 0.15) is 72.1 Å². The summed E-state index contributed by atoms with van der Waals surface area (Å²) in [7, 11) is 0. The predicted octanol–water partition coefficient (Wildman–Crippen LogP) is 5.02. The Balaban J connectivity index is 0.00000116. The molecule has 2 saturated carbocycles. The molecule has 0 heterocycles. The highest BCUT2D eigenvalue weighted by Gasteiger charge is 2.23. The van der Waals surface area contributed by atoms with E-state index >= 15 is 0 Å². The second-order valence-electron chi connectivity index (χ2n) is 6.42. The van der Waals surface area contributed by atoms with E-state index in [4.69, 9.17) is 10.00 Å². The third-order valence-corrected chi connectivity index (χ3v) is 4.70. The Morgan fingerprint density at radius 2 is 1.64 bits per heavy atom. The maximum Gasteiger partial charge on any atom is 0.330 e. The average molecular weight is 305 g/mol. The first-order valence-corrected chi connectivity index (χ1v) is 8.95. The number of rotatable bonds is 3. The van der Waals surface area contributed by atoms with Crippen molar-refractivity contribution in [3.8, 4) is 6.07 Å². The SMILES string of the molecule is CC.CC1CCC(C=CC(=O)OC2CCC(C#N)CC2)CC1. The van der Waals surface area contributed by atoms with Gasteiger partial charge in [-0.25, -0.2) is 4.79 Å². The Kier molecular flexibility index (Phi) is 8.89. The van der Waals surface area contributed by atoms with Crippen molar-refractivity contribution in [1.29, 1.82) is 5.26 Å². The molecule has 0 aromatic rings. The maximum atomic E-state index is 11.8. The van der Waals surface area contributed by atoms with Crippen LogP contribution in [0.4, 0.5) is 0 Å². The van der Waals surface area contributed by atoms with Crippen molar-refractivity contribution in [2.75, 3.05) is 0 Å². The van der Waals surface area contributed by atoms with E-state index in [1.165, 1.54) is 25.7 Å². The number of hydrogen-bond acceptors (Lipinski definition) is 3. The standard InChI is InChI=1S/C17H25NO2.C2H6/c1-13-2-4-14(5-3-13)8-11-17(19)20-16-9-6-15(12-18)7-10-16;1-2/h8,11,13-16H,2-7,9-10H2,1H3;1-2H3. The van der Waals surface area contributed by atoms with Gasteiger partial charge in [-0.05, 0) is 50.4 Å². The van der Waals surface area contributed by atoms with Gasteiger partial charge in [0.2, 0.25) is 0 Å². The topological polar surface area (TPSA) is 50.1 Å². The zero-order valence-electron chi connectivity index (χ0n) is 14.4. The van der Waals surface area contributed by atoms with Crippen LogP contribution in [0, 0.1) is 29.1 Å². The van der Waals surface area contributed by atoms with Crippen LogP contribution in [-0.2, 0) is 9.53 Å². The molecular weight excluding hydrogens is 274 g/mol. The zero-order chi connectivity index (χ0) is 16.4. The molecule has 0 radical (unpaired) electrons. The Hall–Kier alpha value is -1.30. The number of carbonyl (C=O) groups excluding carboxylic acids is 1. The van der Waals surface area contributed by atoms with E-state index in [0.29, 0.717) is 5.92 Å². The highest BCUT2D eigenvalue weighted by Crippen LogP contribution is 2.29. The Morgan fingerprint density at radius 3 is 2.18 bits per heavy atom. The number of carbonyl (C=O) groups is 1. The van der Waals surface area contributed by atoms with Crippen LogP contribution in [0.5, 0.6) is 0 Å². The number of ether oxygens (including phenoxy) is 1. The summed E-state index contributed by atoms with van der Waals surface area (Å²) in [5.74, 6) is 1.34. The van der Waals surface area contributed by atoms with Crippen molar-refractivity contribution < 1.29 is 9.53 Å². The third kappa shape index (κ3) is 6.64. The normalized spacial score (nSPS) is 31.7. The summed E-state index contributed by atoms with van der Waals surface area (Å²) in [6, 6.07) is 2.29. The van der Waals surface area contributed by atoms with Crippen LogP contribution in [0.15, 0.2) is 12.2 Å². The predicted molar refractivity (Wildman–Crippen MR) is 89.1 cm³/mol. The van der Waals surface area contributed by atoms with Crippen molar-refractivity contribution in [2.24, 2.45) is 17.8 Å². The molecule has 0 aromatic carbocycles. The minimum atomic E-state index is -0.205. The first kappa shape index (κ1) is 18.7. The molecule has 0 unspecified atom stereocenters. The van der Waals surface area contributed by atoms with E-state index in [2.05, 4.69) is 13.0 Å². The van der Waals surface area contributed by atoms with E-state index in [1.807, 2.05) is 19.9 Å². The van der Waals surface area contributed by atoms with Gasteiger partial charge in [0.25, 0.3) is 0 Å². The molecule has 2 fully saturated rings.